The van der Waals surface area contributed by atoms with Crippen molar-refractivity contribution < 1.29 is 14.3 Å². The number of nitrogens with one attached hydrogen (secondary N) is 1. The van der Waals surface area contributed by atoms with Gasteiger partial charge in [0.1, 0.15) is 5.75 Å². The zero-order valence-corrected chi connectivity index (χ0v) is 17.0. The molecule has 0 saturated heterocycles. The van der Waals surface area contributed by atoms with Crippen LogP contribution in [0.1, 0.15) is 47.8 Å². The fourth-order valence-electron chi connectivity index (χ4n) is 3.01. The first-order valence-corrected chi connectivity index (χ1v) is 9.81. The molecule has 3 rings (SSSR count). The summed E-state index contributed by atoms with van der Waals surface area (Å²) >= 11 is 0. The number of imidazole rings is 1. The molecule has 0 aliphatic heterocycles. The minimum Gasteiger partial charge on any atom is -0.494 e. The van der Waals surface area contributed by atoms with Gasteiger partial charge in [-0.1, -0.05) is 19.4 Å². The monoisotopic (exact) mass is 394 g/mol. The molecule has 0 fully saturated rings. The van der Waals surface area contributed by atoms with E-state index in [0.717, 1.165) is 18.6 Å². The number of aromatic nitrogens is 2. The summed E-state index contributed by atoms with van der Waals surface area (Å²) < 4.78 is 7.08. The van der Waals surface area contributed by atoms with Gasteiger partial charge in [0.25, 0.3) is 11.8 Å². The van der Waals surface area contributed by atoms with Gasteiger partial charge in [0.05, 0.1) is 12.1 Å². The van der Waals surface area contributed by atoms with Crippen molar-refractivity contribution in [2.75, 3.05) is 25.5 Å². The van der Waals surface area contributed by atoms with Crippen molar-refractivity contribution in [1.29, 1.82) is 0 Å². The maximum atomic E-state index is 12.9. The lowest BCUT2D eigenvalue weighted by Gasteiger charge is -2.15. The van der Waals surface area contributed by atoms with Gasteiger partial charge in [-0.3, -0.25) is 14.0 Å². The van der Waals surface area contributed by atoms with Gasteiger partial charge >= 0.3 is 0 Å². The number of carbonyl (C=O) groups excluding carboxylic acids is 2. The van der Waals surface area contributed by atoms with Crippen LogP contribution in [-0.2, 0) is 0 Å². The summed E-state index contributed by atoms with van der Waals surface area (Å²) in [7, 11) is 1.75. The third-order valence-corrected chi connectivity index (χ3v) is 4.57. The third kappa shape index (κ3) is 4.56. The first-order valence-electron chi connectivity index (χ1n) is 9.81. The number of unbranched alkanes of at least 4 members (excludes halogenated alkanes) is 1. The second kappa shape index (κ2) is 9.23. The Bertz CT molecular complexity index is 995. The first-order chi connectivity index (χ1) is 14.0. The summed E-state index contributed by atoms with van der Waals surface area (Å²) in [6.45, 7) is 5.21. The number of amides is 2. The second-order valence-electron chi connectivity index (χ2n) is 6.73. The van der Waals surface area contributed by atoms with E-state index in [-0.39, 0.29) is 23.3 Å². The summed E-state index contributed by atoms with van der Waals surface area (Å²) in [5.74, 6) is 0.393. The number of carbonyl (C=O) groups is 2. The van der Waals surface area contributed by atoms with Gasteiger partial charge in [-0.05, 0) is 49.7 Å². The lowest BCUT2D eigenvalue weighted by molar-refractivity contribution is 0.0780. The number of hydrogen-bond donors (Lipinski definition) is 1. The molecule has 29 heavy (non-hydrogen) atoms. The lowest BCUT2D eigenvalue weighted by Crippen LogP contribution is -2.29. The summed E-state index contributed by atoms with van der Waals surface area (Å²) in [6, 6.07) is 12.5. The highest BCUT2D eigenvalue weighted by molar-refractivity contribution is 6.08. The Balaban J connectivity index is 1.87. The standard InChI is InChI=1S/C22H26N4O3/c1-4-6-14-25(3)22(28)20-24-19(18-9-7-8-15-26(18)20)21(27)23-16-10-12-17(13-11-16)29-5-2/h7-13,15H,4-6,14H2,1-3H3,(H,23,27). The molecule has 7 heteroatoms. The van der Waals surface area contributed by atoms with Crippen molar-refractivity contribution in [3.8, 4) is 5.75 Å². The molecular formula is C22H26N4O3. The molecule has 0 saturated carbocycles. The second-order valence-corrected chi connectivity index (χ2v) is 6.73. The molecule has 1 N–H and O–H groups in total. The van der Waals surface area contributed by atoms with Gasteiger partial charge in [0.2, 0.25) is 5.82 Å². The Morgan fingerprint density at radius 1 is 1.14 bits per heavy atom. The number of anilines is 1. The van der Waals surface area contributed by atoms with E-state index in [1.54, 1.807) is 52.9 Å². The zero-order valence-electron chi connectivity index (χ0n) is 17.0. The van der Waals surface area contributed by atoms with Gasteiger partial charge in [-0.15, -0.1) is 0 Å². The van der Waals surface area contributed by atoms with Gasteiger partial charge < -0.3 is 15.0 Å². The van der Waals surface area contributed by atoms with Crippen LogP contribution in [0.15, 0.2) is 48.7 Å². The van der Waals surface area contributed by atoms with Crippen molar-refractivity contribution in [3.05, 3.63) is 60.2 Å². The highest BCUT2D eigenvalue weighted by atomic mass is 16.5. The van der Waals surface area contributed by atoms with E-state index in [2.05, 4.69) is 17.2 Å². The number of benzene rings is 1. The molecule has 0 atom stereocenters. The number of pyridine rings is 1. The van der Waals surface area contributed by atoms with Crippen LogP contribution >= 0.6 is 0 Å². The summed E-state index contributed by atoms with van der Waals surface area (Å²) in [5.41, 5.74) is 1.43. The minimum atomic E-state index is -0.367. The van der Waals surface area contributed by atoms with E-state index in [9.17, 15) is 9.59 Å². The lowest BCUT2D eigenvalue weighted by atomic mass is 10.2. The Morgan fingerprint density at radius 3 is 2.59 bits per heavy atom. The topological polar surface area (TPSA) is 75.9 Å². The zero-order chi connectivity index (χ0) is 20.8. The van der Waals surface area contributed by atoms with E-state index in [1.165, 1.54) is 0 Å². The summed E-state index contributed by atoms with van der Waals surface area (Å²) in [4.78, 5) is 31.8. The van der Waals surface area contributed by atoms with Crippen LogP contribution < -0.4 is 10.1 Å². The van der Waals surface area contributed by atoms with Gasteiger partial charge in [0, 0.05) is 25.5 Å². The highest BCUT2D eigenvalue weighted by Crippen LogP contribution is 2.19. The average Bonchev–Trinajstić information content (AvgIpc) is 3.13. The van der Waals surface area contributed by atoms with E-state index >= 15 is 0 Å². The predicted molar refractivity (Wildman–Crippen MR) is 113 cm³/mol. The molecule has 0 aliphatic rings. The molecular weight excluding hydrogens is 368 g/mol. The van der Waals surface area contributed by atoms with Crippen LogP contribution in [0.4, 0.5) is 5.69 Å². The van der Waals surface area contributed by atoms with Crippen LogP contribution in [0.25, 0.3) is 5.52 Å². The van der Waals surface area contributed by atoms with Gasteiger partial charge in [-0.25, -0.2) is 4.98 Å². The fourth-order valence-corrected chi connectivity index (χ4v) is 3.01. The fraction of sp³-hybridized carbons (Fsp3) is 0.318. The minimum absolute atomic E-state index is 0.209. The van der Waals surface area contributed by atoms with Gasteiger partial charge in [0.15, 0.2) is 5.69 Å². The van der Waals surface area contributed by atoms with Crippen LogP contribution in [0.3, 0.4) is 0 Å². The van der Waals surface area contributed by atoms with Crippen molar-refractivity contribution in [2.24, 2.45) is 0 Å². The van der Waals surface area contributed by atoms with Crippen LogP contribution in [0.5, 0.6) is 5.75 Å². The van der Waals surface area contributed by atoms with E-state index in [0.29, 0.717) is 24.4 Å². The van der Waals surface area contributed by atoms with E-state index in [1.807, 2.05) is 19.1 Å². The quantitative estimate of drug-likeness (QED) is 0.629. The Labute approximate surface area is 170 Å². The molecule has 1 aromatic carbocycles. The molecule has 0 bridgehead atoms. The maximum absolute atomic E-state index is 12.9. The van der Waals surface area contributed by atoms with Crippen LogP contribution in [0.2, 0.25) is 0 Å². The van der Waals surface area contributed by atoms with E-state index < -0.39 is 0 Å². The normalized spacial score (nSPS) is 10.7. The molecule has 0 unspecified atom stereocenters. The van der Waals surface area contributed by atoms with Crippen molar-refractivity contribution in [2.45, 2.75) is 26.7 Å². The molecule has 152 valence electrons. The number of nitrogens with zero attached hydrogens (tertiary/aromatic N) is 3. The number of rotatable bonds is 8. The summed E-state index contributed by atoms with van der Waals surface area (Å²) in [5, 5.41) is 2.84. The highest BCUT2D eigenvalue weighted by Gasteiger charge is 2.23. The predicted octanol–water partition coefficient (Wildman–Crippen LogP) is 3.86. The number of fused-ring (bicyclic) bond motifs is 1. The smallest absolute Gasteiger partial charge is 0.289 e. The Morgan fingerprint density at radius 2 is 1.90 bits per heavy atom. The van der Waals surface area contributed by atoms with E-state index in [4.69, 9.17) is 4.74 Å². The first kappa shape index (κ1) is 20.4. The number of hydrogen-bond acceptors (Lipinski definition) is 4. The van der Waals surface area contributed by atoms with Crippen molar-refractivity contribution in [1.82, 2.24) is 14.3 Å². The molecule has 0 aliphatic carbocycles. The van der Waals surface area contributed by atoms with Crippen molar-refractivity contribution in [3.63, 3.8) is 0 Å². The Hall–Kier alpha value is -3.35. The number of ether oxygens (including phenoxy) is 1. The SMILES string of the molecule is CCCCN(C)C(=O)c1nc(C(=O)Nc2ccc(OCC)cc2)c2ccccn12. The van der Waals surface area contributed by atoms with Crippen LogP contribution in [-0.4, -0.2) is 46.3 Å². The Kier molecular flexibility index (Phi) is 6.49. The molecule has 7 nitrogen and oxygen atoms in total. The summed E-state index contributed by atoms with van der Waals surface area (Å²) in [6.07, 6.45) is 3.66. The average molecular weight is 394 g/mol. The molecule has 3 aromatic rings. The molecule has 2 aromatic heterocycles. The third-order valence-electron chi connectivity index (χ3n) is 4.57. The largest absolute Gasteiger partial charge is 0.494 e. The molecule has 2 heterocycles. The molecule has 0 radical (unpaired) electrons. The maximum Gasteiger partial charge on any atom is 0.289 e. The van der Waals surface area contributed by atoms with Crippen LogP contribution in [0, 0.1) is 0 Å². The van der Waals surface area contributed by atoms with Crippen molar-refractivity contribution >= 4 is 23.0 Å². The van der Waals surface area contributed by atoms with Gasteiger partial charge in [-0.2, -0.15) is 0 Å². The molecule has 2 amide bonds. The molecule has 0 spiro atoms.